The van der Waals surface area contributed by atoms with Gasteiger partial charge in [0.1, 0.15) is 0 Å². The summed E-state index contributed by atoms with van der Waals surface area (Å²) in [6.45, 7) is 3.63. The minimum Gasteiger partial charge on any atom is -0.479 e. The van der Waals surface area contributed by atoms with E-state index in [0.29, 0.717) is 5.56 Å². The van der Waals surface area contributed by atoms with Crippen molar-refractivity contribution in [3.63, 3.8) is 0 Å². The smallest absolute Gasteiger partial charge is 0.337 e. The molecule has 0 aliphatic heterocycles. The van der Waals surface area contributed by atoms with E-state index in [0.717, 1.165) is 4.47 Å². The fraction of sp³-hybridized carbons (Fsp3) is 0.364. The number of rotatable bonds is 4. The maximum Gasteiger partial charge on any atom is 0.337 e. The van der Waals surface area contributed by atoms with Gasteiger partial charge in [0.2, 0.25) is 0 Å². The van der Waals surface area contributed by atoms with E-state index in [2.05, 4.69) is 15.9 Å². The molecule has 0 aromatic heterocycles. The Balaban J connectivity index is 2.94. The molecule has 1 aromatic carbocycles. The zero-order chi connectivity index (χ0) is 11.4. The third-order valence-corrected chi connectivity index (χ3v) is 2.28. The number of aliphatic carboxylic acids is 1. The quantitative estimate of drug-likeness (QED) is 0.917. The van der Waals surface area contributed by atoms with Crippen molar-refractivity contribution >= 4 is 21.9 Å². The maximum atomic E-state index is 11.0. The van der Waals surface area contributed by atoms with Crippen LogP contribution in [-0.2, 0) is 9.53 Å². The van der Waals surface area contributed by atoms with Gasteiger partial charge >= 0.3 is 5.97 Å². The van der Waals surface area contributed by atoms with Crippen molar-refractivity contribution < 1.29 is 14.6 Å². The van der Waals surface area contributed by atoms with Crippen LogP contribution >= 0.6 is 15.9 Å². The van der Waals surface area contributed by atoms with Gasteiger partial charge in [0, 0.05) is 4.47 Å². The lowest BCUT2D eigenvalue weighted by Gasteiger charge is -2.16. The molecule has 0 aliphatic rings. The zero-order valence-electron chi connectivity index (χ0n) is 8.61. The molecule has 1 N–H and O–H groups in total. The van der Waals surface area contributed by atoms with Crippen LogP contribution < -0.4 is 0 Å². The summed E-state index contributed by atoms with van der Waals surface area (Å²) in [5.74, 6) is -0.971. The molecular formula is C11H13BrO3. The predicted molar refractivity (Wildman–Crippen MR) is 60.7 cm³/mol. The Morgan fingerprint density at radius 2 is 2.13 bits per heavy atom. The number of carboxylic acid groups (broad SMARTS) is 1. The molecule has 0 aliphatic carbocycles. The highest BCUT2D eigenvalue weighted by Crippen LogP contribution is 2.22. The first kappa shape index (κ1) is 12.2. The van der Waals surface area contributed by atoms with Crippen molar-refractivity contribution in [2.75, 3.05) is 0 Å². The normalized spacial score (nSPS) is 12.8. The molecule has 0 radical (unpaired) electrons. The van der Waals surface area contributed by atoms with E-state index in [-0.39, 0.29) is 6.10 Å². The molecule has 0 heterocycles. The van der Waals surface area contributed by atoms with Crippen molar-refractivity contribution in [3.8, 4) is 0 Å². The van der Waals surface area contributed by atoms with Gasteiger partial charge in [-0.15, -0.1) is 0 Å². The highest BCUT2D eigenvalue weighted by atomic mass is 79.9. The Kier molecular flexibility index (Phi) is 4.29. The van der Waals surface area contributed by atoms with E-state index >= 15 is 0 Å². The fourth-order valence-electron chi connectivity index (χ4n) is 1.22. The van der Waals surface area contributed by atoms with E-state index < -0.39 is 12.1 Å². The summed E-state index contributed by atoms with van der Waals surface area (Å²) >= 11 is 3.30. The molecule has 0 saturated heterocycles. The van der Waals surface area contributed by atoms with Crippen molar-refractivity contribution in [1.82, 2.24) is 0 Å². The van der Waals surface area contributed by atoms with E-state index in [1.165, 1.54) is 0 Å². The Labute approximate surface area is 97.2 Å². The van der Waals surface area contributed by atoms with Crippen molar-refractivity contribution in [2.45, 2.75) is 26.1 Å². The van der Waals surface area contributed by atoms with Gasteiger partial charge in [-0.2, -0.15) is 0 Å². The zero-order valence-corrected chi connectivity index (χ0v) is 10.2. The lowest BCUT2D eigenvalue weighted by Crippen LogP contribution is -2.19. The van der Waals surface area contributed by atoms with E-state index in [1.54, 1.807) is 18.2 Å². The van der Waals surface area contributed by atoms with Crippen LogP contribution in [0.1, 0.15) is 25.5 Å². The van der Waals surface area contributed by atoms with Gasteiger partial charge in [-0.1, -0.05) is 28.1 Å². The van der Waals surface area contributed by atoms with Crippen molar-refractivity contribution in [3.05, 3.63) is 34.3 Å². The van der Waals surface area contributed by atoms with Gasteiger partial charge in [-0.3, -0.25) is 0 Å². The predicted octanol–water partition coefficient (Wildman–Crippen LogP) is 3.00. The number of carbonyl (C=O) groups is 1. The van der Waals surface area contributed by atoms with E-state index in [4.69, 9.17) is 9.84 Å². The number of hydrogen-bond acceptors (Lipinski definition) is 2. The van der Waals surface area contributed by atoms with Gasteiger partial charge in [0.05, 0.1) is 6.10 Å². The molecule has 0 saturated carbocycles. The van der Waals surface area contributed by atoms with Crippen LogP contribution in [0.25, 0.3) is 0 Å². The molecule has 82 valence electrons. The third kappa shape index (κ3) is 3.64. The van der Waals surface area contributed by atoms with Crippen LogP contribution in [0.15, 0.2) is 28.7 Å². The standard InChI is InChI=1S/C11H13BrO3/c1-7(2)15-10(11(13)14)8-4-3-5-9(12)6-8/h3-7,10H,1-2H3,(H,13,14). The lowest BCUT2D eigenvalue weighted by atomic mass is 10.1. The van der Waals surface area contributed by atoms with Crippen LogP contribution in [-0.4, -0.2) is 17.2 Å². The second kappa shape index (κ2) is 5.28. The van der Waals surface area contributed by atoms with E-state index in [1.807, 2.05) is 19.9 Å². The second-order valence-corrected chi connectivity index (χ2v) is 4.37. The molecule has 0 spiro atoms. The maximum absolute atomic E-state index is 11.0. The first-order chi connectivity index (χ1) is 7.00. The summed E-state index contributed by atoms with van der Waals surface area (Å²) < 4.78 is 6.18. The average Bonchev–Trinajstić information content (AvgIpc) is 2.13. The molecule has 0 fully saturated rings. The molecule has 1 aromatic rings. The minimum absolute atomic E-state index is 0.120. The molecule has 0 amide bonds. The van der Waals surface area contributed by atoms with Crippen LogP contribution in [0.3, 0.4) is 0 Å². The van der Waals surface area contributed by atoms with Gasteiger partial charge < -0.3 is 9.84 Å². The number of hydrogen-bond donors (Lipinski definition) is 1. The van der Waals surface area contributed by atoms with Crippen molar-refractivity contribution in [2.24, 2.45) is 0 Å². The highest BCUT2D eigenvalue weighted by Gasteiger charge is 2.21. The van der Waals surface area contributed by atoms with Gasteiger partial charge in [-0.25, -0.2) is 4.79 Å². The summed E-state index contributed by atoms with van der Waals surface area (Å²) in [4.78, 5) is 11.0. The molecule has 3 nitrogen and oxygen atoms in total. The molecular weight excluding hydrogens is 260 g/mol. The Hall–Kier alpha value is -0.870. The van der Waals surface area contributed by atoms with Crippen LogP contribution in [0.5, 0.6) is 0 Å². The molecule has 0 bridgehead atoms. The summed E-state index contributed by atoms with van der Waals surface area (Å²) in [5, 5.41) is 9.03. The molecule has 1 unspecified atom stereocenters. The second-order valence-electron chi connectivity index (χ2n) is 3.46. The Morgan fingerprint density at radius 1 is 1.47 bits per heavy atom. The van der Waals surface area contributed by atoms with Crippen LogP contribution in [0.2, 0.25) is 0 Å². The van der Waals surface area contributed by atoms with Gasteiger partial charge in [0.15, 0.2) is 6.10 Å². The lowest BCUT2D eigenvalue weighted by molar-refractivity contribution is -0.153. The fourth-order valence-corrected chi connectivity index (χ4v) is 1.64. The summed E-state index contributed by atoms with van der Waals surface area (Å²) in [7, 11) is 0. The van der Waals surface area contributed by atoms with Crippen molar-refractivity contribution in [1.29, 1.82) is 0 Å². The first-order valence-electron chi connectivity index (χ1n) is 4.64. The largest absolute Gasteiger partial charge is 0.479 e. The average molecular weight is 273 g/mol. The third-order valence-electron chi connectivity index (χ3n) is 1.78. The number of carboxylic acids is 1. The molecule has 1 rings (SSSR count). The Bertz CT molecular complexity index is 349. The van der Waals surface area contributed by atoms with Gasteiger partial charge in [-0.05, 0) is 31.5 Å². The summed E-state index contributed by atoms with van der Waals surface area (Å²) in [6, 6.07) is 7.13. The number of ether oxygens (including phenoxy) is 1. The Morgan fingerprint density at radius 3 is 2.60 bits per heavy atom. The molecule has 4 heteroatoms. The van der Waals surface area contributed by atoms with Crippen LogP contribution in [0, 0.1) is 0 Å². The topological polar surface area (TPSA) is 46.5 Å². The molecule has 15 heavy (non-hydrogen) atoms. The van der Waals surface area contributed by atoms with Crippen LogP contribution in [0.4, 0.5) is 0 Å². The first-order valence-corrected chi connectivity index (χ1v) is 5.43. The summed E-state index contributed by atoms with van der Waals surface area (Å²) in [5.41, 5.74) is 0.644. The minimum atomic E-state index is -0.971. The van der Waals surface area contributed by atoms with E-state index in [9.17, 15) is 4.79 Å². The highest BCUT2D eigenvalue weighted by molar-refractivity contribution is 9.10. The van der Waals surface area contributed by atoms with Gasteiger partial charge in [0.25, 0.3) is 0 Å². The molecule has 1 atom stereocenters. The summed E-state index contributed by atoms with van der Waals surface area (Å²) in [6.07, 6.45) is -1.02. The number of halogens is 1. The number of benzene rings is 1. The SMILES string of the molecule is CC(C)OC(C(=O)O)c1cccc(Br)c1. The monoisotopic (exact) mass is 272 g/mol.